The van der Waals surface area contributed by atoms with Gasteiger partial charge in [0.15, 0.2) is 0 Å². The van der Waals surface area contributed by atoms with E-state index in [9.17, 15) is 4.79 Å². The van der Waals surface area contributed by atoms with E-state index in [0.29, 0.717) is 30.7 Å². The fraction of sp³-hybridized carbons (Fsp3) is 0.529. The van der Waals surface area contributed by atoms with Crippen molar-refractivity contribution in [3.05, 3.63) is 36.2 Å². The molecule has 0 aliphatic heterocycles. The van der Waals surface area contributed by atoms with Gasteiger partial charge in [0.05, 0.1) is 18.4 Å². The summed E-state index contributed by atoms with van der Waals surface area (Å²) in [5.74, 6) is 0.520. The lowest BCUT2D eigenvalue weighted by Crippen LogP contribution is -2.31. The number of nitrogens with zero attached hydrogens (tertiary/aromatic N) is 4. The minimum absolute atomic E-state index is 0.0986. The molecule has 2 atom stereocenters. The van der Waals surface area contributed by atoms with Crippen LogP contribution in [-0.2, 0) is 4.74 Å². The molecule has 0 saturated heterocycles. The molecule has 1 saturated carbocycles. The summed E-state index contributed by atoms with van der Waals surface area (Å²) >= 11 is 0. The Morgan fingerprint density at radius 2 is 2.08 bits per heavy atom. The van der Waals surface area contributed by atoms with Crippen molar-refractivity contribution in [2.75, 3.05) is 13.2 Å². The van der Waals surface area contributed by atoms with Crippen LogP contribution >= 0.6 is 0 Å². The van der Waals surface area contributed by atoms with Crippen molar-refractivity contribution in [1.82, 2.24) is 25.5 Å². The van der Waals surface area contributed by atoms with E-state index in [4.69, 9.17) is 4.74 Å². The van der Waals surface area contributed by atoms with Gasteiger partial charge in [0.25, 0.3) is 5.91 Å². The lowest BCUT2D eigenvalue weighted by atomic mass is 9.88. The van der Waals surface area contributed by atoms with Crippen molar-refractivity contribution >= 4 is 5.91 Å². The Morgan fingerprint density at radius 1 is 1.29 bits per heavy atom. The first-order valence-corrected chi connectivity index (χ1v) is 8.47. The average Bonchev–Trinajstić information content (AvgIpc) is 3.15. The van der Waals surface area contributed by atoms with Gasteiger partial charge in [-0.3, -0.25) is 4.79 Å². The molecule has 1 aromatic heterocycles. The Bertz CT molecular complexity index is 642. The zero-order valence-corrected chi connectivity index (χ0v) is 13.9. The molecule has 3 rings (SSSR count). The molecule has 0 radical (unpaired) electrons. The van der Waals surface area contributed by atoms with Gasteiger partial charge < -0.3 is 10.1 Å². The normalized spacial score (nSPS) is 20.7. The standard InChI is InChI=1S/C17H23N5O2/c1-13-4-2-3-5-16(13)24-11-10-18-17(23)14-6-8-15(9-7-14)22-12-19-20-21-22/h6-9,12-13,16H,2-5,10-11H2,1H3,(H,18,23)/t13-,16-/m1/s1. The van der Waals surface area contributed by atoms with Crippen LogP contribution in [0.2, 0.25) is 0 Å². The highest BCUT2D eigenvalue weighted by Crippen LogP contribution is 2.25. The number of tetrazole rings is 1. The first-order chi connectivity index (χ1) is 11.7. The summed E-state index contributed by atoms with van der Waals surface area (Å²) in [6, 6.07) is 7.14. The van der Waals surface area contributed by atoms with Crippen LogP contribution in [-0.4, -0.2) is 45.4 Å². The molecule has 1 aromatic carbocycles. The van der Waals surface area contributed by atoms with E-state index in [1.54, 1.807) is 16.8 Å². The Morgan fingerprint density at radius 3 is 2.79 bits per heavy atom. The fourth-order valence-electron chi connectivity index (χ4n) is 3.05. The van der Waals surface area contributed by atoms with Crippen molar-refractivity contribution < 1.29 is 9.53 Å². The SMILES string of the molecule is C[C@@H]1CCCC[C@H]1OCCNC(=O)c1ccc(-n2cnnn2)cc1. The van der Waals surface area contributed by atoms with Crippen LogP contribution < -0.4 is 5.32 Å². The molecule has 0 bridgehead atoms. The van der Waals surface area contributed by atoms with Crippen LogP contribution in [0.25, 0.3) is 5.69 Å². The topological polar surface area (TPSA) is 81.9 Å². The van der Waals surface area contributed by atoms with Crippen molar-refractivity contribution in [2.45, 2.75) is 38.7 Å². The van der Waals surface area contributed by atoms with Crippen molar-refractivity contribution in [1.29, 1.82) is 0 Å². The second-order valence-corrected chi connectivity index (χ2v) is 6.23. The third-order valence-corrected chi connectivity index (χ3v) is 4.50. The number of hydrogen-bond acceptors (Lipinski definition) is 5. The number of nitrogens with one attached hydrogen (secondary N) is 1. The van der Waals surface area contributed by atoms with Crippen molar-refractivity contribution in [3.8, 4) is 5.69 Å². The maximum atomic E-state index is 12.1. The molecule has 1 heterocycles. The van der Waals surface area contributed by atoms with Gasteiger partial charge in [0.1, 0.15) is 6.33 Å². The maximum absolute atomic E-state index is 12.1. The quantitative estimate of drug-likeness (QED) is 0.820. The number of benzene rings is 1. The minimum atomic E-state index is -0.0986. The summed E-state index contributed by atoms with van der Waals surface area (Å²) in [5.41, 5.74) is 1.42. The van der Waals surface area contributed by atoms with Gasteiger partial charge in [-0.25, -0.2) is 4.68 Å². The zero-order valence-electron chi connectivity index (χ0n) is 13.9. The lowest BCUT2D eigenvalue weighted by molar-refractivity contribution is -0.00293. The molecule has 24 heavy (non-hydrogen) atoms. The van der Waals surface area contributed by atoms with Crippen LogP contribution in [0.1, 0.15) is 43.0 Å². The van der Waals surface area contributed by atoms with E-state index in [0.717, 1.165) is 12.1 Å². The maximum Gasteiger partial charge on any atom is 0.251 e. The summed E-state index contributed by atoms with van der Waals surface area (Å²) in [4.78, 5) is 12.1. The molecule has 0 unspecified atom stereocenters. The van der Waals surface area contributed by atoms with Gasteiger partial charge in [0.2, 0.25) is 0 Å². The molecule has 1 N–H and O–H groups in total. The molecule has 0 spiro atoms. The van der Waals surface area contributed by atoms with Crippen molar-refractivity contribution in [2.24, 2.45) is 5.92 Å². The van der Waals surface area contributed by atoms with Crippen LogP contribution in [0.4, 0.5) is 0 Å². The van der Waals surface area contributed by atoms with Gasteiger partial charge >= 0.3 is 0 Å². The van der Waals surface area contributed by atoms with Crippen LogP contribution in [0.5, 0.6) is 0 Å². The van der Waals surface area contributed by atoms with Gasteiger partial charge in [-0.15, -0.1) is 5.10 Å². The Labute approximate surface area is 141 Å². The molecule has 1 fully saturated rings. The van der Waals surface area contributed by atoms with Crippen LogP contribution in [0.15, 0.2) is 30.6 Å². The predicted molar refractivity (Wildman–Crippen MR) is 88.9 cm³/mol. The predicted octanol–water partition coefficient (Wildman–Crippen LogP) is 1.99. The number of ether oxygens (including phenoxy) is 1. The molecule has 1 aliphatic carbocycles. The highest BCUT2D eigenvalue weighted by atomic mass is 16.5. The average molecular weight is 329 g/mol. The Balaban J connectivity index is 1.43. The second kappa shape index (κ2) is 8.01. The van der Waals surface area contributed by atoms with E-state index < -0.39 is 0 Å². The van der Waals surface area contributed by atoms with Crippen LogP contribution in [0.3, 0.4) is 0 Å². The monoisotopic (exact) mass is 329 g/mol. The molecule has 7 nitrogen and oxygen atoms in total. The molecule has 1 amide bonds. The first kappa shape index (κ1) is 16.6. The number of hydrogen-bond donors (Lipinski definition) is 1. The van der Waals surface area contributed by atoms with E-state index in [2.05, 4.69) is 27.8 Å². The van der Waals surface area contributed by atoms with E-state index in [1.807, 2.05) is 12.1 Å². The molecular formula is C17H23N5O2. The minimum Gasteiger partial charge on any atom is -0.376 e. The number of carbonyl (C=O) groups excluding carboxylic acids is 1. The third-order valence-electron chi connectivity index (χ3n) is 4.50. The van der Waals surface area contributed by atoms with Crippen LogP contribution in [0, 0.1) is 5.92 Å². The summed E-state index contributed by atoms with van der Waals surface area (Å²) in [7, 11) is 0. The first-order valence-electron chi connectivity index (χ1n) is 8.47. The summed E-state index contributed by atoms with van der Waals surface area (Å²) in [6.45, 7) is 3.33. The third kappa shape index (κ3) is 4.17. The summed E-state index contributed by atoms with van der Waals surface area (Å²) < 4.78 is 7.45. The highest BCUT2D eigenvalue weighted by Gasteiger charge is 2.21. The summed E-state index contributed by atoms with van der Waals surface area (Å²) in [5, 5.41) is 13.9. The van der Waals surface area contributed by atoms with Gasteiger partial charge in [-0.1, -0.05) is 19.8 Å². The fourth-order valence-corrected chi connectivity index (χ4v) is 3.05. The number of aromatic nitrogens is 4. The molecular weight excluding hydrogens is 306 g/mol. The van der Waals surface area contributed by atoms with Gasteiger partial charge in [-0.05, 0) is 53.5 Å². The lowest BCUT2D eigenvalue weighted by Gasteiger charge is -2.28. The summed E-state index contributed by atoms with van der Waals surface area (Å²) in [6.07, 6.45) is 6.77. The largest absolute Gasteiger partial charge is 0.376 e. The van der Waals surface area contributed by atoms with Gasteiger partial charge in [-0.2, -0.15) is 0 Å². The highest BCUT2D eigenvalue weighted by molar-refractivity contribution is 5.94. The second-order valence-electron chi connectivity index (χ2n) is 6.23. The molecule has 7 heteroatoms. The van der Waals surface area contributed by atoms with Crippen molar-refractivity contribution in [3.63, 3.8) is 0 Å². The Kier molecular flexibility index (Phi) is 5.53. The molecule has 128 valence electrons. The zero-order chi connectivity index (χ0) is 16.8. The number of rotatable bonds is 6. The van der Waals surface area contributed by atoms with Gasteiger partial charge in [0, 0.05) is 12.1 Å². The molecule has 1 aliphatic rings. The number of carbonyl (C=O) groups is 1. The van der Waals surface area contributed by atoms with E-state index >= 15 is 0 Å². The smallest absolute Gasteiger partial charge is 0.251 e. The van der Waals surface area contributed by atoms with E-state index in [1.165, 1.54) is 25.6 Å². The van der Waals surface area contributed by atoms with E-state index in [-0.39, 0.29) is 5.91 Å². The Hall–Kier alpha value is -2.28. The molecule has 2 aromatic rings. The number of amides is 1.